The van der Waals surface area contributed by atoms with Gasteiger partial charge in [-0.3, -0.25) is 0 Å². The van der Waals surface area contributed by atoms with Gasteiger partial charge < -0.3 is 5.32 Å². The maximum atomic E-state index is 5.97. The van der Waals surface area contributed by atoms with E-state index in [2.05, 4.69) is 56.4 Å². The number of halogens is 1. The van der Waals surface area contributed by atoms with Crippen LogP contribution >= 0.6 is 22.9 Å². The van der Waals surface area contributed by atoms with Gasteiger partial charge in [-0.25, -0.2) is 0 Å². The minimum atomic E-state index is 0.318. The van der Waals surface area contributed by atoms with E-state index in [1.807, 2.05) is 6.07 Å². The first kappa shape index (κ1) is 13.6. The first-order chi connectivity index (χ1) is 8.56. The van der Waals surface area contributed by atoms with E-state index in [4.69, 9.17) is 11.6 Å². The van der Waals surface area contributed by atoms with Crippen LogP contribution in [-0.2, 0) is 0 Å². The highest BCUT2D eigenvalue weighted by Gasteiger charge is 2.12. The molecule has 1 nitrogen and oxygen atoms in total. The Hall–Kier alpha value is -0.830. The number of hydrogen-bond acceptors (Lipinski definition) is 2. The number of hydrogen-bond donors (Lipinski definition) is 1. The van der Waals surface area contributed by atoms with E-state index < -0.39 is 0 Å². The van der Waals surface area contributed by atoms with Crippen molar-refractivity contribution in [2.45, 2.75) is 32.9 Å². The second-order valence-electron chi connectivity index (χ2n) is 4.67. The van der Waals surface area contributed by atoms with Crippen molar-refractivity contribution >= 4 is 22.9 Å². The summed E-state index contributed by atoms with van der Waals surface area (Å²) in [4.78, 5) is 1.28. The lowest BCUT2D eigenvalue weighted by Gasteiger charge is -2.19. The summed E-state index contributed by atoms with van der Waals surface area (Å²) < 4.78 is 0.849. The largest absolute Gasteiger partial charge is 0.303 e. The Morgan fingerprint density at radius 3 is 2.50 bits per heavy atom. The van der Waals surface area contributed by atoms with E-state index in [9.17, 15) is 0 Å². The van der Waals surface area contributed by atoms with E-state index in [-0.39, 0.29) is 0 Å². The van der Waals surface area contributed by atoms with Crippen molar-refractivity contribution in [3.8, 4) is 0 Å². The second-order valence-corrected chi connectivity index (χ2v) is 6.41. The normalized spacial score (nSPS) is 14.4. The fraction of sp³-hybridized carbons (Fsp3) is 0.333. The first-order valence-electron chi connectivity index (χ1n) is 6.14. The monoisotopic (exact) mass is 279 g/mol. The van der Waals surface area contributed by atoms with Crippen molar-refractivity contribution in [2.24, 2.45) is 0 Å². The van der Waals surface area contributed by atoms with Gasteiger partial charge in [0.2, 0.25) is 0 Å². The summed E-state index contributed by atoms with van der Waals surface area (Å²) >= 11 is 7.61. The topological polar surface area (TPSA) is 12.0 Å². The van der Waals surface area contributed by atoms with Gasteiger partial charge in [0.25, 0.3) is 0 Å². The molecule has 0 aliphatic rings. The van der Waals surface area contributed by atoms with Crippen LogP contribution in [0.2, 0.25) is 4.34 Å². The van der Waals surface area contributed by atoms with Gasteiger partial charge in [0.1, 0.15) is 0 Å². The Morgan fingerprint density at radius 2 is 1.89 bits per heavy atom. The van der Waals surface area contributed by atoms with Gasteiger partial charge in [-0.05, 0) is 38.5 Å². The summed E-state index contributed by atoms with van der Waals surface area (Å²) in [5, 5.41) is 3.60. The highest BCUT2D eigenvalue weighted by Crippen LogP contribution is 2.28. The van der Waals surface area contributed by atoms with Crippen LogP contribution in [0, 0.1) is 6.92 Å². The third kappa shape index (κ3) is 3.35. The van der Waals surface area contributed by atoms with Gasteiger partial charge in [-0.1, -0.05) is 41.4 Å². The third-order valence-electron chi connectivity index (χ3n) is 3.06. The van der Waals surface area contributed by atoms with Gasteiger partial charge in [-0.15, -0.1) is 11.3 Å². The van der Waals surface area contributed by atoms with Crippen molar-refractivity contribution < 1.29 is 0 Å². The molecule has 2 atom stereocenters. The summed E-state index contributed by atoms with van der Waals surface area (Å²) in [6, 6.07) is 13.3. The molecule has 3 heteroatoms. The Kier molecular flexibility index (Phi) is 4.44. The Labute approximate surface area is 118 Å². The second kappa shape index (κ2) is 5.87. The Bertz CT molecular complexity index is 521. The predicted octanol–water partition coefficient (Wildman–Crippen LogP) is 5.12. The number of aryl methyl sites for hydroxylation is 1. The van der Waals surface area contributed by atoms with Crippen LogP contribution in [0.5, 0.6) is 0 Å². The smallest absolute Gasteiger partial charge is 0.0931 e. The lowest BCUT2D eigenvalue weighted by molar-refractivity contribution is 0.500. The number of rotatable bonds is 4. The van der Waals surface area contributed by atoms with Crippen LogP contribution < -0.4 is 5.32 Å². The molecule has 0 bridgehead atoms. The molecule has 96 valence electrons. The van der Waals surface area contributed by atoms with Crippen LogP contribution in [0.15, 0.2) is 36.4 Å². The van der Waals surface area contributed by atoms with Crippen molar-refractivity contribution in [1.29, 1.82) is 0 Å². The zero-order valence-corrected chi connectivity index (χ0v) is 12.5. The summed E-state index contributed by atoms with van der Waals surface area (Å²) in [5.74, 6) is 0. The molecular formula is C15H18ClNS. The summed E-state index contributed by atoms with van der Waals surface area (Å²) in [5.41, 5.74) is 2.62. The molecule has 0 saturated carbocycles. The number of nitrogens with one attached hydrogen (secondary N) is 1. The van der Waals surface area contributed by atoms with E-state index in [0.29, 0.717) is 12.1 Å². The molecule has 1 N–H and O–H groups in total. The predicted molar refractivity (Wildman–Crippen MR) is 80.5 cm³/mol. The quantitative estimate of drug-likeness (QED) is 0.819. The lowest BCUT2D eigenvalue weighted by Crippen LogP contribution is -2.21. The van der Waals surface area contributed by atoms with Crippen LogP contribution in [0.1, 0.15) is 41.9 Å². The van der Waals surface area contributed by atoms with Gasteiger partial charge in [0, 0.05) is 17.0 Å². The fourth-order valence-electron chi connectivity index (χ4n) is 2.05. The SMILES string of the molecule is Cc1cccc([C@H](C)NC(C)c2ccc(Cl)s2)c1. The summed E-state index contributed by atoms with van der Waals surface area (Å²) in [7, 11) is 0. The molecule has 1 unspecified atom stereocenters. The maximum absolute atomic E-state index is 5.97. The molecule has 0 amide bonds. The zero-order chi connectivity index (χ0) is 13.1. The van der Waals surface area contributed by atoms with Gasteiger partial charge in [-0.2, -0.15) is 0 Å². The first-order valence-corrected chi connectivity index (χ1v) is 7.33. The van der Waals surface area contributed by atoms with E-state index >= 15 is 0 Å². The Balaban J connectivity index is 2.05. The highest BCUT2D eigenvalue weighted by atomic mass is 35.5. The highest BCUT2D eigenvalue weighted by molar-refractivity contribution is 7.16. The average molecular weight is 280 g/mol. The van der Waals surface area contributed by atoms with Gasteiger partial charge in [0.05, 0.1) is 4.34 Å². The van der Waals surface area contributed by atoms with E-state index in [0.717, 1.165) is 4.34 Å². The van der Waals surface area contributed by atoms with Crippen molar-refractivity contribution in [3.05, 3.63) is 56.7 Å². The molecule has 1 heterocycles. The van der Waals surface area contributed by atoms with Crippen LogP contribution in [-0.4, -0.2) is 0 Å². The summed E-state index contributed by atoms with van der Waals surface area (Å²) in [6.07, 6.45) is 0. The van der Waals surface area contributed by atoms with Crippen molar-refractivity contribution in [3.63, 3.8) is 0 Å². The lowest BCUT2D eigenvalue weighted by atomic mass is 10.0. The average Bonchev–Trinajstić information content (AvgIpc) is 2.76. The summed E-state index contributed by atoms with van der Waals surface area (Å²) in [6.45, 7) is 6.49. The van der Waals surface area contributed by atoms with Crippen LogP contribution in [0.3, 0.4) is 0 Å². The van der Waals surface area contributed by atoms with Crippen LogP contribution in [0.4, 0.5) is 0 Å². The molecule has 0 aliphatic carbocycles. The molecular weight excluding hydrogens is 262 g/mol. The molecule has 0 saturated heterocycles. The maximum Gasteiger partial charge on any atom is 0.0931 e. The molecule has 0 radical (unpaired) electrons. The Morgan fingerprint density at radius 1 is 1.11 bits per heavy atom. The van der Waals surface area contributed by atoms with Gasteiger partial charge in [0.15, 0.2) is 0 Å². The third-order valence-corrected chi connectivity index (χ3v) is 4.48. The molecule has 0 fully saturated rings. The van der Waals surface area contributed by atoms with Crippen molar-refractivity contribution in [1.82, 2.24) is 5.32 Å². The standard InChI is InChI=1S/C15H18ClNS/c1-10-5-4-6-13(9-10)11(2)17-12(3)14-7-8-15(16)18-14/h4-9,11-12,17H,1-3H3/t11-,12?/m0/s1. The minimum Gasteiger partial charge on any atom is -0.303 e. The number of benzene rings is 1. The molecule has 0 aliphatic heterocycles. The van der Waals surface area contributed by atoms with Crippen LogP contribution in [0.25, 0.3) is 0 Å². The van der Waals surface area contributed by atoms with E-state index in [1.54, 1.807) is 11.3 Å². The fourth-order valence-corrected chi connectivity index (χ4v) is 3.13. The minimum absolute atomic E-state index is 0.318. The zero-order valence-electron chi connectivity index (χ0n) is 10.9. The van der Waals surface area contributed by atoms with Gasteiger partial charge >= 0.3 is 0 Å². The molecule has 18 heavy (non-hydrogen) atoms. The molecule has 2 aromatic rings. The molecule has 0 spiro atoms. The molecule has 1 aromatic carbocycles. The van der Waals surface area contributed by atoms with Crippen molar-refractivity contribution in [2.75, 3.05) is 0 Å². The number of thiophene rings is 1. The molecule has 2 rings (SSSR count). The van der Waals surface area contributed by atoms with E-state index in [1.165, 1.54) is 16.0 Å². The molecule has 1 aromatic heterocycles.